The first-order valence-corrected chi connectivity index (χ1v) is 9.18. The van der Waals surface area contributed by atoms with E-state index < -0.39 is 11.7 Å². The highest BCUT2D eigenvalue weighted by atomic mass is 19.4. The van der Waals surface area contributed by atoms with E-state index in [1.165, 1.54) is 6.20 Å². The molecule has 0 atom stereocenters. The second-order valence-corrected chi connectivity index (χ2v) is 6.74. The van der Waals surface area contributed by atoms with Gasteiger partial charge >= 0.3 is 6.18 Å². The molecule has 0 aliphatic carbocycles. The number of halogens is 3. The molecule has 4 heterocycles. The normalized spacial score (nSPS) is 15.2. The number of aromatic nitrogens is 3. The summed E-state index contributed by atoms with van der Waals surface area (Å²) in [5.74, 6) is 0.0753. The van der Waals surface area contributed by atoms with Crippen LogP contribution in [-0.4, -0.2) is 52.1 Å². The molecule has 0 unspecified atom stereocenters. The lowest BCUT2D eigenvalue weighted by molar-refractivity contribution is -0.137. The SMILES string of the molecule is CCc1noc2ncc(C(=O)N3CCN(c4cc(C(F)(F)F)ccn4)CC3)cc12. The number of alkyl halides is 3. The number of hydrogen-bond donors (Lipinski definition) is 0. The highest BCUT2D eigenvalue weighted by molar-refractivity contribution is 5.97. The van der Waals surface area contributed by atoms with Gasteiger partial charge in [0.2, 0.25) is 0 Å². The summed E-state index contributed by atoms with van der Waals surface area (Å²) in [6.07, 6.45) is -1.15. The lowest BCUT2D eigenvalue weighted by Gasteiger charge is -2.35. The van der Waals surface area contributed by atoms with Crippen LogP contribution < -0.4 is 4.90 Å². The zero-order chi connectivity index (χ0) is 20.6. The molecule has 4 rings (SSSR count). The zero-order valence-corrected chi connectivity index (χ0v) is 15.6. The first-order valence-electron chi connectivity index (χ1n) is 9.18. The van der Waals surface area contributed by atoms with Gasteiger partial charge in [0.1, 0.15) is 5.82 Å². The van der Waals surface area contributed by atoms with Crippen molar-refractivity contribution in [1.82, 2.24) is 20.0 Å². The van der Waals surface area contributed by atoms with Crippen LogP contribution in [0.3, 0.4) is 0 Å². The highest BCUT2D eigenvalue weighted by Crippen LogP contribution is 2.31. The van der Waals surface area contributed by atoms with E-state index in [9.17, 15) is 18.0 Å². The van der Waals surface area contributed by atoms with E-state index in [4.69, 9.17) is 4.52 Å². The number of anilines is 1. The fraction of sp³-hybridized carbons (Fsp3) is 0.368. The van der Waals surface area contributed by atoms with Gasteiger partial charge in [-0.05, 0) is 24.6 Å². The Balaban J connectivity index is 1.46. The molecular formula is C19H18F3N5O2. The molecule has 152 valence electrons. The van der Waals surface area contributed by atoms with Gasteiger partial charge in [-0.2, -0.15) is 13.2 Å². The minimum atomic E-state index is -4.42. The van der Waals surface area contributed by atoms with Crippen molar-refractivity contribution in [2.24, 2.45) is 0 Å². The maximum Gasteiger partial charge on any atom is 0.416 e. The summed E-state index contributed by atoms with van der Waals surface area (Å²) >= 11 is 0. The number of carbonyl (C=O) groups is 1. The number of amides is 1. The lowest BCUT2D eigenvalue weighted by Crippen LogP contribution is -2.49. The topological polar surface area (TPSA) is 75.4 Å². The molecule has 1 aliphatic rings. The first kappa shape index (κ1) is 19.2. The third kappa shape index (κ3) is 3.74. The number of pyridine rings is 2. The second-order valence-electron chi connectivity index (χ2n) is 6.74. The standard InChI is InChI=1S/C19H18F3N5O2/c1-2-15-14-9-12(11-24-17(14)29-25-15)18(28)27-7-5-26(6-8-27)16-10-13(3-4-23-16)19(20,21)22/h3-4,9-11H,2,5-8H2,1H3. The Morgan fingerprint density at radius 3 is 2.62 bits per heavy atom. The maximum atomic E-state index is 12.9. The van der Waals surface area contributed by atoms with Crippen molar-refractivity contribution in [1.29, 1.82) is 0 Å². The van der Waals surface area contributed by atoms with Crippen LogP contribution in [0, 0.1) is 0 Å². The smallest absolute Gasteiger partial charge is 0.353 e. The summed E-state index contributed by atoms with van der Waals surface area (Å²) < 4.78 is 43.9. The van der Waals surface area contributed by atoms with E-state index >= 15 is 0 Å². The third-order valence-corrected chi connectivity index (χ3v) is 4.95. The molecule has 0 N–H and O–H groups in total. The van der Waals surface area contributed by atoms with Crippen LogP contribution >= 0.6 is 0 Å². The highest BCUT2D eigenvalue weighted by Gasteiger charge is 2.32. The van der Waals surface area contributed by atoms with Crippen LogP contribution in [0.5, 0.6) is 0 Å². The Bertz CT molecular complexity index is 1040. The Kier molecular flexibility index (Phi) is 4.85. The van der Waals surface area contributed by atoms with Crippen molar-refractivity contribution in [3.63, 3.8) is 0 Å². The van der Waals surface area contributed by atoms with Crippen LogP contribution in [0.2, 0.25) is 0 Å². The second kappa shape index (κ2) is 7.34. The third-order valence-electron chi connectivity index (χ3n) is 4.95. The first-order chi connectivity index (χ1) is 13.9. The van der Waals surface area contributed by atoms with Gasteiger partial charge in [0, 0.05) is 38.6 Å². The monoisotopic (exact) mass is 405 g/mol. The van der Waals surface area contributed by atoms with Crippen LogP contribution in [0.15, 0.2) is 35.1 Å². The van der Waals surface area contributed by atoms with E-state index in [1.807, 2.05) is 6.92 Å². The molecule has 1 fully saturated rings. The maximum absolute atomic E-state index is 12.9. The minimum absolute atomic E-state index is 0.181. The average molecular weight is 405 g/mol. The summed E-state index contributed by atoms with van der Waals surface area (Å²) in [4.78, 5) is 24.5. The zero-order valence-electron chi connectivity index (χ0n) is 15.6. The van der Waals surface area contributed by atoms with Gasteiger partial charge < -0.3 is 14.3 Å². The van der Waals surface area contributed by atoms with E-state index in [1.54, 1.807) is 15.9 Å². The average Bonchev–Trinajstić information content (AvgIpc) is 3.15. The molecule has 3 aromatic rings. The van der Waals surface area contributed by atoms with E-state index in [0.717, 1.165) is 24.0 Å². The van der Waals surface area contributed by atoms with Crippen molar-refractivity contribution in [2.45, 2.75) is 19.5 Å². The lowest BCUT2D eigenvalue weighted by atomic mass is 10.1. The minimum Gasteiger partial charge on any atom is -0.353 e. The number of aryl methyl sites for hydroxylation is 1. The van der Waals surface area contributed by atoms with Gasteiger partial charge in [-0.25, -0.2) is 9.97 Å². The molecule has 7 nitrogen and oxygen atoms in total. The van der Waals surface area contributed by atoms with Crippen molar-refractivity contribution < 1.29 is 22.5 Å². The van der Waals surface area contributed by atoms with Crippen molar-refractivity contribution in [2.75, 3.05) is 31.1 Å². The van der Waals surface area contributed by atoms with Crippen molar-refractivity contribution in [3.8, 4) is 0 Å². The van der Waals surface area contributed by atoms with Gasteiger partial charge in [-0.1, -0.05) is 12.1 Å². The van der Waals surface area contributed by atoms with Crippen molar-refractivity contribution >= 4 is 22.8 Å². The summed E-state index contributed by atoms with van der Waals surface area (Å²) in [7, 11) is 0. The Labute approximate surface area is 164 Å². The largest absolute Gasteiger partial charge is 0.416 e. The summed E-state index contributed by atoms with van der Waals surface area (Å²) in [5, 5.41) is 4.65. The Hall–Kier alpha value is -3.17. The Morgan fingerprint density at radius 2 is 1.93 bits per heavy atom. The molecule has 1 saturated heterocycles. The molecule has 10 heteroatoms. The Morgan fingerprint density at radius 1 is 1.17 bits per heavy atom. The van der Waals surface area contributed by atoms with Crippen LogP contribution in [0.25, 0.3) is 11.1 Å². The number of piperazine rings is 1. The summed E-state index contributed by atoms with van der Waals surface area (Å²) in [6, 6.07) is 3.70. The quantitative estimate of drug-likeness (QED) is 0.666. The fourth-order valence-electron chi connectivity index (χ4n) is 3.34. The number of hydrogen-bond acceptors (Lipinski definition) is 6. The molecule has 0 radical (unpaired) electrons. The molecule has 0 aromatic carbocycles. The molecular weight excluding hydrogens is 387 g/mol. The predicted molar refractivity (Wildman–Crippen MR) is 98.5 cm³/mol. The molecule has 0 bridgehead atoms. The molecule has 0 saturated carbocycles. The van der Waals surface area contributed by atoms with Crippen molar-refractivity contribution in [3.05, 3.63) is 47.4 Å². The van der Waals surface area contributed by atoms with Crippen LogP contribution in [0.1, 0.15) is 28.5 Å². The molecule has 0 spiro atoms. The number of carbonyl (C=O) groups excluding carboxylic acids is 1. The van der Waals surface area contributed by atoms with Gasteiger partial charge in [0.05, 0.1) is 22.2 Å². The predicted octanol–water partition coefficient (Wildman–Crippen LogP) is 3.16. The van der Waals surface area contributed by atoms with E-state index in [-0.39, 0.29) is 11.7 Å². The van der Waals surface area contributed by atoms with Gasteiger partial charge in [-0.3, -0.25) is 4.79 Å². The van der Waals surface area contributed by atoms with Gasteiger partial charge in [0.25, 0.3) is 11.6 Å². The van der Waals surface area contributed by atoms with Crippen LogP contribution in [-0.2, 0) is 12.6 Å². The fourth-order valence-corrected chi connectivity index (χ4v) is 3.34. The molecule has 1 aliphatic heterocycles. The summed E-state index contributed by atoms with van der Waals surface area (Å²) in [6.45, 7) is 3.47. The van der Waals surface area contributed by atoms with E-state index in [0.29, 0.717) is 49.3 Å². The number of rotatable bonds is 3. The van der Waals surface area contributed by atoms with Gasteiger partial charge in [0.15, 0.2) is 0 Å². The van der Waals surface area contributed by atoms with Crippen LogP contribution in [0.4, 0.5) is 19.0 Å². The molecule has 3 aromatic heterocycles. The summed E-state index contributed by atoms with van der Waals surface area (Å²) in [5.41, 5.74) is 0.823. The van der Waals surface area contributed by atoms with Gasteiger partial charge in [-0.15, -0.1) is 0 Å². The van der Waals surface area contributed by atoms with E-state index in [2.05, 4.69) is 15.1 Å². The number of nitrogens with zero attached hydrogens (tertiary/aromatic N) is 5. The molecule has 1 amide bonds. The molecule has 29 heavy (non-hydrogen) atoms. The number of fused-ring (bicyclic) bond motifs is 1.